The number of piperidine rings is 2. The predicted octanol–water partition coefficient (Wildman–Crippen LogP) is 10.4. The van der Waals surface area contributed by atoms with Gasteiger partial charge in [-0.1, -0.05) is 7.43 Å². The predicted molar refractivity (Wildman–Crippen MR) is 203 cm³/mol. The van der Waals surface area contributed by atoms with E-state index in [1.807, 2.05) is 53.0 Å². The maximum Gasteiger partial charge on any atom is 0.410 e. The number of hydrogen-bond donors (Lipinski definition) is 1. The third-order valence-electron chi connectivity index (χ3n) is 8.11. The van der Waals surface area contributed by atoms with Crippen LogP contribution in [0.25, 0.3) is 10.2 Å². The monoisotopic (exact) mass is 874 g/mol. The number of fused-ring (bicyclic) bond motifs is 1. The molecule has 304 valence electrons. The standard InChI is InChI=1S/C17H23BrF3N3O2S.C17H22F3N3O2S.CH4/c1-16(2,3)26-15(25)24-7-4-11(5-8-24)13(14-12(18)6-9-27-14)23-22-10-17(19,20)21;1-16(2,3)25-15(24)22-7-4-11(5-8-22)13-14-12(6-9-26-14)23(21-13)10-17(18,19)20;/h6,9,11,22H,4-5,7-8,10H2,1-3H3;6,9,11H,4-5,7-8,10H2,1-3H3;1H4/b23-13+;;. The summed E-state index contributed by atoms with van der Waals surface area (Å²) < 4.78 is 89.1. The summed E-state index contributed by atoms with van der Waals surface area (Å²) in [5.41, 5.74) is 2.86. The summed E-state index contributed by atoms with van der Waals surface area (Å²) in [5, 5.41) is 12.0. The van der Waals surface area contributed by atoms with Crippen LogP contribution in [-0.2, 0) is 16.0 Å². The summed E-state index contributed by atoms with van der Waals surface area (Å²) in [6, 6.07) is 3.52. The number of carbonyl (C=O) groups is 2. The Balaban J connectivity index is 0.000000285. The number of nitrogens with zero attached hydrogens (tertiary/aromatic N) is 5. The van der Waals surface area contributed by atoms with Crippen molar-refractivity contribution in [1.29, 1.82) is 0 Å². The molecule has 0 bridgehead atoms. The smallest absolute Gasteiger partial charge is 0.410 e. The van der Waals surface area contributed by atoms with Gasteiger partial charge in [-0.15, -0.1) is 22.7 Å². The van der Waals surface area contributed by atoms with Gasteiger partial charge < -0.3 is 24.7 Å². The van der Waals surface area contributed by atoms with Gasteiger partial charge >= 0.3 is 24.5 Å². The van der Waals surface area contributed by atoms with E-state index in [0.717, 1.165) is 18.7 Å². The lowest BCUT2D eigenvalue weighted by atomic mass is 9.91. The quantitative estimate of drug-likeness (QED) is 0.150. The molecule has 0 spiro atoms. The second-order valence-electron chi connectivity index (χ2n) is 14.8. The van der Waals surface area contributed by atoms with Crippen LogP contribution < -0.4 is 5.43 Å². The molecule has 2 aliphatic rings. The van der Waals surface area contributed by atoms with Gasteiger partial charge in [0.25, 0.3) is 0 Å². The molecule has 0 atom stereocenters. The molecule has 0 unspecified atom stereocenters. The first-order valence-corrected chi connectivity index (χ1v) is 19.6. The number of thiophene rings is 2. The highest BCUT2D eigenvalue weighted by Gasteiger charge is 2.34. The van der Waals surface area contributed by atoms with Crippen molar-refractivity contribution < 1.29 is 45.4 Å². The van der Waals surface area contributed by atoms with Gasteiger partial charge in [0.2, 0.25) is 0 Å². The van der Waals surface area contributed by atoms with Crippen LogP contribution in [0.3, 0.4) is 0 Å². The Labute approximate surface area is 328 Å². The van der Waals surface area contributed by atoms with Gasteiger partial charge in [0.1, 0.15) is 24.3 Å². The van der Waals surface area contributed by atoms with Gasteiger partial charge in [-0.25, -0.2) is 9.59 Å². The van der Waals surface area contributed by atoms with Crippen LogP contribution in [-0.4, -0.2) is 93.8 Å². The van der Waals surface area contributed by atoms with Crippen LogP contribution in [0.2, 0.25) is 0 Å². The second kappa shape index (κ2) is 18.3. The minimum Gasteiger partial charge on any atom is -0.444 e. The van der Waals surface area contributed by atoms with Crippen LogP contribution in [0, 0.1) is 5.92 Å². The number of ether oxygens (including phenoxy) is 2. The summed E-state index contributed by atoms with van der Waals surface area (Å²) >= 11 is 6.26. The highest BCUT2D eigenvalue weighted by atomic mass is 79.9. The van der Waals surface area contributed by atoms with Crippen LogP contribution >= 0.6 is 38.6 Å². The number of rotatable bonds is 6. The van der Waals surface area contributed by atoms with Gasteiger partial charge in [-0.3, -0.25) is 4.68 Å². The molecule has 0 aromatic carbocycles. The number of carbonyl (C=O) groups excluding carboxylic acids is 2. The van der Waals surface area contributed by atoms with Crippen LogP contribution in [0.5, 0.6) is 0 Å². The number of nitrogens with one attached hydrogen (secondary N) is 1. The topological polar surface area (TPSA) is 101 Å². The van der Waals surface area contributed by atoms with Crippen molar-refractivity contribution in [2.45, 2.75) is 111 Å². The average Bonchev–Trinajstić information content (AvgIpc) is 3.75. The molecular weight excluding hydrogens is 826 g/mol. The van der Waals surface area contributed by atoms with Crippen LogP contribution in [0.15, 0.2) is 32.5 Å². The molecule has 2 saturated heterocycles. The Bertz CT molecular complexity index is 1710. The van der Waals surface area contributed by atoms with E-state index in [4.69, 9.17) is 9.47 Å². The highest BCUT2D eigenvalue weighted by molar-refractivity contribution is 9.10. The third kappa shape index (κ3) is 13.6. The van der Waals surface area contributed by atoms with Crippen LogP contribution in [0.1, 0.15) is 91.1 Å². The molecule has 0 saturated carbocycles. The molecule has 1 N–H and O–H groups in total. The molecule has 3 aromatic rings. The molecule has 3 aromatic heterocycles. The molecule has 2 aliphatic heterocycles. The summed E-state index contributed by atoms with van der Waals surface area (Å²) in [7, 11) is 0. The van der Waals surface area contributed by atoms with Gasteiger partial charge in [0.15, 0.2) is 0 Å². The molecule has 0 radical (unpaired) electrons. The molecule has 5 heterocycles. The summed E-state index contributed by atoms with van der Waals surface area (Å²) in [6.45, 7) is 10.6. The van der Waals surface area contributed by atoms with E-state index in [-0.39, 0.29) is 31.4 Å². The largest absolute Gasteiger partial charge is 0.444 e. The minimum atomic E-state index is -4.33. The normalized spacial score (nSPS) is 16.8. The fourth-order valence-electron chi connectivity index (χ4n) is 5.83. The van der Waals surface area contributed by atoms with Crippen LogP contribution in [0.4, 0.5) is 35.9 Å². The fraction of sp³-hybridized carbons (Fsp3) is 0.657. The third-order valence-corrected chi connectivity index (χ3v) is 10.9. The zero-order valence-electron chi connectivity index (χ0n) is 30.4. The van der Waals surface area contributed by atoms with E-state index in [1.165, 1.54) is 22.7 Å². The van der Waals surface area contributed by atoms with Crippen molar-refractivity contribution in [2.24, 2.45) is 11.0 Å². The van der Waals surface area contributed by atoms with Gasteiger partial charge in [-0.05, 0) is 106 Å². The Morgan fingerprint density at radius 1 is 0.852 bits per heavy atom. The molecule has 54 heavy (non-hydrogen) atoms. The van der Waals surface area contributed by atoms with Gasteiger partial charge in [0, 0.05) is 42.5 Å². The van der Waals surface area contributed by atoms with E-state index in [9.17, 15) is 35.9 Å². The Morgan fingerprint density at radius 3 is 1.83 bits per heavy atom. The number of hydrogen-bond acceptors (Lipinski definition) is 9. The summed E-state index contributed by atoms with van der Waals surface area (Å²) in [4.78, 5) is 28.4. The second-order valence-corrected chi connectivity index (χ2v) is 17.5. The average molecular weight is 876 g/mol. The Hall–Kier alpha value is -3.06. The van der Waals surface area contributed by atoms with E-state index < -0.39 is 36.6 Å². The Kier molecular flexibility index (Phi) is 15.3. The van der Waals surface area contributed by atoms with Gasteiger partial charge in [-0.2, -0.15) is 36.5 Å². The zero-order valence-corrected chi connectivity index (χ0v) is 33.6. The molecular formula is C35H49BrF6N6O4S2. The number of aromatic nitrogens is 2. The van der Waals surface area contributed by atoms with E-state index in [2.05, 4.69) is 31.6 Å². The zero-order chi connectivity index (χ0) is 39.4. The lowest BCUT2D eigenvalue weighted by Crippen LogP contribution is -2.43. The minimum absolute atomic E-state index is 0. The summed E-state index contributed by atoms with van der Waals surface area (Å²) in [6.07, 6.45) is -6.82. The Morgan fingerprint density at radius 2 is 1.37 bits per heavy atom. The maximum absolute atomic E-state index is 12.8. The van der Waals surface area contributed by atoms with Crippen molar-refractivity contribution in [2.75, 3.05) is 32.7 Å². The van der Waals surface area contributed by atoms with Crippen molar-refractivity contribution in [3.63, 3.8) is 0 Å². The van der Waals surface area contributed by atoms with Gasteiger partial charge in [0.05, 0.1) is 26.5 Å². The first kappa shape index (κ1) is 45.3. The van der Waals surface area contributed by atoms with Crippen molar-refractivity contribution in [1.82, 2.24) is 25.0 Å². The van der Waals surface area contributed by atoms with E-state index in [0.29, 0.717) is 68.8 Å². The van der Waals surface area contributed by atoms with Crippen molar-refractivity contribution >= 4 is 66.7 Å². The molecule has 10 nitrogen and oxygen atoms in total. The molecule has 2 amide bonds. The highest BCUT2D eigenvalue weighted by Crippen LogP contribution is 2.37. The molecule has 19 heteroatoms. The summed E-state index contributed by atoms with van der Waals surface area (Å²) in [5.74, 6) is 0.00342. The molecule has 5 rings (SSSR count). The first-order valence-electron chi connectivity index (χ1n) is 17.1. The lowest BCUT2D eigenvalue weighted by molar-refractivity contribution is -0.142. The molecule has 0 aliphatic carbocycles. The van der Waals surface area contributed by atoms with E-state index >= 15 is 0 Å². The number of halogens is 7. The number of alkyl halides is 6. The molecule has 2 fully saturated rings. The number of hydrazone groups is 1. The lowest BCUT2D eigenvalue weighted by Gasteiger charge is -2.33. The van der Waals surface area contributed by atoms with Crippen molar-refractivity contribution in [3.8, 4) is 0 Å². The van der Waals surface area contributed by atoms with Crippen molar-refractivity contribution in [3.05, 3.63) is 37.9 Å². The maximum atomic E-state index is 12.8. The SMILES string of the molecule is C.CC(C)(C)OC(=O)N1CCC(/C(=N\NCC(F)(F)F)c2sccc2Br)CC1.CC(C)(C)OC(=O)N1CCC(c2nn(CC(F)(F)F)c3ccsc23)CC1. The fourth-order valence-corrected chi connectivity index (χ4v) is 8.43. The number of amides is 2. The number of likely N-dealkylation sites (tertiary alicyclic amines) is 2. The first-order chi connectivity index (χ1) is 24.5. The van der Waals surface area contributed by atoms with E-state index in [1.54, 1.807) is 21.2 Å².